The molecule has 1 amide bonds. The lowest BCUT2D eigenvalue weighted by atomic mass is 9.97. The van der Waals surface area contributed by atoms with Crippen LogP contribution in [0.15, 0.2) is 18.3 Å². The van der Waals surface area contributed by atoms with Crippen LogP contribution in [0.5, 0.6) is 5.88 Å². The number of carbonyl (C=O) groups is 1. The molecule has 1 atom stereocenters. The Bertz CT molecular complexity index is 478. The van der Waals surface area contributed by atoms with Crippen molar-refractivity contribution in [2.75, 3.05) is 32.2 Å². The van der Waals surface area contributed by atoms with Crippen LogP contribution in [-0.2, 0) is 14.3 Å². The Morgan fingerprint density at radius 2 is 2.04 bits per heavy atom. The minimum absolute atomic E-state index is 0.159. The second-order valence-corrected chi connectivity index (χ2v) is 5.78. The summed E-state index contributed by atoms with van der Waals surface area (Å²) in [4.78, 5) is 16.7. The molecule has 136 valence electrons. The summed E-state index contributed by atoms with van der Waals surface area (Å²) < 4.78 is 16.1. The summed E-state index contributed by atoms with van der Waals surface area (Å²) in [6.07, 6.45) is 5.42. The summed E-state index contributed by atoms with van der Waals surface area (Å²) in [6, 6.07) is 3.49. The minimum Gasteiger partial charge on any atom is -0.475 e. The highest BCUT2D eigenvalue weighted by Gasteiger charge is 2.32. The average molecular weight is 338 g/mol. The van der Waals surface area contributed by atoms with Gasteiger partial charge in [-0.15, -0.1) is 0 Å². The summed E-state index contributed by atoms with van der Waals surface area (Å²) in [5.41, 5.74) is -0.210. The lowest BCUT2D eigenvalue weighted by Crippen LogP contribution is -2.42. The Kier molecular flexibility index (Phi) is 9.34. The monoisotopic (exact) mass is 338 g/mol. The van der Waals surface area contributed by atoms with E-state index in [9.17, 15) is 4.79 Å². The van der Waals surface area contributed by atoms with Crippen LogP contribution in [-0.4, -0.2) is 43.4 Å². The van der Waals surface area contributed by atoms with E-state index < -0.39 is 5.60 Å². The van der Waals surface area contributed by atoms with Gasteiger partial charge in [0.15, 0.2) is 0 Å². The number of amides is 1. The highest BCUT2D eigenvalue weighted by Crippen LogP contribution is 2.21. The lowest BCUT2D eigenvalue weighted by molar-refractivity contribution is -0.136. The highest BCUT2D eigenvalue weighted by molar-refractivity contribution is 5.96. The number of hydrogen-bond donors (Lipinski definition) is 1. The van der Waals surface area contributed by atoms with E-state index in [4.69, 9.17) is 14.2 Å². The van der Waals surface area contributed by atoms with Crippen LogP contribution in [0.2, 0.25) is 0 Å². The first kappa shape index (κ1) is 20.4. The molecule has 6 nitrogen and oxygen atoms in total. The van der Waals surface area contributed by atoms with Crippen molar-refractivity contribution in [3.05, 3.63) is 18.3 Å². The number of ether oxygens (including phenoxy) is 3. The molecule has 1 aromatic rings. The number of nitrogens with zero attached hydrogens (tertiary/aromatic N) is 1. The standard InChI is InChI=1S/C18H30N2O4/c1-5-7-8-11-18(3,22-4)17(21)20-15-9-10-16(19-14-15)24-13-12-23-6-2/h9-10,14H,5-8,11-13H2,1-4H3,(H,20,21). The predicted octanol–water partition coefficient (Wildman–Crippen LogP) is 3.42. The number of pyridine rings is 1. The zero-order chi connectivity index (χ0) is 17.8. The number of nitrogens with one attached hydrogen (secondary N) is 1. The van der Waals surface area contributed by atoms with Gasteiger partial charge in [-0.2, -0.15) is 0 Å². The first-order valence-corrected chi connectivity index (χ1v) is 8.59. The van der Waals surface area contributed by atoms with Crippen molar-refractivity contribution in [2.24, 2.45) is 0 Å². The summed E-state index contributed by atoms with van der Waals surface area (Å²) >= 11 is 0. The van der Waals surface area contributed by atoms with E-state index >= 15 is 0 Å². The van der Waals surface area contributed by atoms with Crippen LogP contribution in [0.1, 0.15) is 46.5 Å². The van der Waals surface area contributed by atoms with Crippen LogP contribution in [0.4, 0.5) is 5.69 Å². The van der Waals surface area contributed by atoms with Gasteiger partial charge in [-0.05, 0) is 26.3 Å². The van der Waals surface area contributed by atoms with Gasteiger partial charge in [0.1, 0.15) is 12.2 Å². The summed E-state index contributed by atoms with van der Waals surface area (Å²) in [5, 5.41) is 2.86. The second kappa shape index (κ2) is 11.0. The summed E-state index contributed by atoms with van der Waals surface area (Å²) in [5.74, 6) is 0.345. The van der Waals surface area contributed by atoms with Crippen LogP contribution < -0.4 is 10.1 Å². The van der Waals surface area contributed by atoms with Gasteiger partial charge in [0, 0.05) is 19.8 Å². The maximum absolute atomic E-state index is 12.5. The molecular formula is C18H30N2O4. The van der Waals surface area contributed by atoms with Crippen LogP contribution >= 0.6 is 0 Å². The molecule has 0 radical (unpaired) electrons. The lowest BCUT2D eigenvalue weighted by Gasteiger charge is -2.26. The molecule has 0 aliphatic heterocycles. The topological polar surface area (TPSA) is 69.7 Å². The summed E-state index contributed by atoms with van der Waals surface area (Å²) in [7, 11) is 1.57. The molecule has 0 saturated heterocycles. The zero-order valence-corrected chi connectivity index (χ0v) is 15.3. The third-order valence-corrected chi connectivity index (χ3v) is 3.86. The Morgan fingerprint density at radius 1 is 1.25 bits per heavy atom. The molecule has 0 spiro atoms. The molecule has 0 fully saturated rings. The van der Waals surface area contributed by atoms with E-state index in [1.807, 2.05) is 13.8 Å². The molecule has 1 aromatic heterocycles. The Hall–Kier alpha value is -1.66. The van der Waals surface area contributed by atoms with E-state index in [1.54, 1.807) is 25.4 Å². The molecule has 24 heavy (non-hydrogen) atoms. The maximum Gasteiger partial charge on any atom is 0.256 e. The number of aromatic nitrogens is 1. The highest BCUT2D eigenvalue weighted by atomic mass is 16.5. The molecular weight excluding hydrogens is 308 g/mol. The number of rotatable bonds is 12. The van der Waals surface area contributed by atoms with Gasteiger partial charge >= 0.3 is 0 Å². The molecule has 0 aliphatic rings. The van der Waals surface area contributed by atoms with Crippen molar-refractivity contribution in [1.82, 2.24) is 4.98 Å². The minimum atomic E-state index is -0.832. The van der Waals surface area contributed by atoms with Gasteiger partial charge in [-0.1, -0.05) is 26.2 Å². The summed E-state index contributed by atoms with van der Waals surface area (Å²) in [6.45, 7) is 7.53. The number of carbonyl (C=O) groups excluding carboxylic acids is 1. The van der Waals surface area contributed by atoms with Crippen molar-refractivity contribution in [1.29, 1.82) is 0 Å². The molecule has 6 heteroatoms. The normalized spacial score (nSPS) is 13.3. The Labute approximate surface area is 144 Å². The van der Waals surface area contributed by atoms with E-state index in [2.05, 4.69) is 17.2 Å². The second-order valence-electron chi connectivity index (χ2n) is 5.78. The zero-order valence-electron chi connectivity index (χ0n) is 15.3. The van der Waals surface area contributed by atoms with Crippen LogP contribution in [0, 0.1) is 0 Å². The fraction of sp³-hybridized carbons (Fsp3) is 0.667. The van der Waals surface area contributed by atoms with E-state index in [-0.39, 0.29) is 5.91 Å². The van der Waals surface area contributed by atoms with Gasteiger partial charge in [-0.3, -0.25) is 4.79 Å². The first-order valence-electron chi connectivity index (χ1n) is 8.59. The quantitative estimate of drug-likeness (QED) is 0.591. The van der Waals surface area contributed by atoms with Gasteiger partial charge in [0.25, 0.3) is 5.91 Å². The van der Waals surface area contributed by atoms with E-state index in [0.29, 0.717) is 37.8 Å². The molecule has 0 aliphatic carbocycles. The van der Waals surface area contributed by atoms with Crippen molar-refractivity contribution in [3.8, 4) is 5.88 Å². The van der Waals surface area contributed by atoms with Gasteiger partial charge < -0.3 is 19.5 Å². The average Bonchev–Trinajstić information content (AvgIpc) is 2.60. The third-order valence-electron chi connectivity index (χ3n) is 3.86. The molecule has 1 N–H and O–H groups in total. The van der Waals surface area contributed by atoms with Gasteiger partial charge in [-0.25, -0.2) is 4.98 Å². The number of hydrogen-bond acceptors (Lipinski definition) is 5. The van der Waals surface area contributed by atoms with Crippen molar-refractivity contribution in [2.45, 2.75) is 52.1 Å². The number of methoxy groups -OCH3 is 1. The molecule has 0 saturated carbocycles. The molecule has 0 bridgehead atoms. The van der Waals surface area contributed by atoms with Gasteiger partial charge in [0.05, 0.1) is 18.5 Å². The van der Waals surface area contributed by atoms with Crippen LogP contribution in [0.3, 0.4) is 0 Å². The first-order chi connectivity index (χ1) is 11.6. The molecule has 0 aromatic carbocycles. The van der Waals surface area contributed by atoms with Crippen molar-refractivity contribution < 1.29 is 19.0 Å². The maximum atomic E-state index is 12.5. The molecule has 1 unspecified atom stereocenters. The van der Waals surface area contributed by atoms with Crippen molar-refractivity contribution >= 4 is 11.6 Å². The molecule has 1 rings (SSSR count). The van der Waals surface area contributed by atoms with E-state index in [1.165, 1.54) is 0 Å². The third kappa shape index (κ3) is 6.84. The number of unbranched alkanes of at least 4 members (excludes halogenated alkanes) is 2. The van der Waals surface area contributed by atoms with Crippen molar-refractivity contribution in [3.63, 3.8) is 0 Å². The SMILES string of the molecule is CCCCCC(C)(OC)C(=O)Nc1ccc(OCCOCC)nc1. The Balaban J connectivity index is 2.53. The largest absolute Gasteiger partial charge is 0.475 e. The fourth-order valence-electron chi connectivity index (χ4n) is 2.17. The smallest absolute Gasteiger partial charge is 0.256 e. The Morgan fingerprint density at radius 3 is 2.62 bits per heavy atom. The van der Waals surface area contributed by atoms with E-state index in [0.717, 1.165) is 19.3 Å². The van der Waals surface area contributed by atoms with Crippen LogP contribution in [0.25, 0.3) is 0 Å². The molecule has 1 heterocycles. The van der Waals surface area contributed by atoms with Gasteiger partial charge in [0.2, 0.25) is 5.88 Å². The number of anilines is 1. The fourth-order valence-corrected chi connectivity index (χ4v) is 2.17. The predicted molar refractivity (Wildman–Crippen MR) is 94.4 cm³/mol.